The number of nitrogens with one attached hydrogen (secondary N) is 1. The molecular weight excluding hydrogens is 354 g/mol. The Balaban J connectivity index is 1.69. The quantitative estimate of drug-likeness (QED) is 0.665. The smallest absolute Gasteiger partial charge is 0.277 e. The molecule has 1 aromatic heterocycles. The number of benzene rings is 2. The van der Waals surface area contributed by atoms with Gasteiger partial charge in [-0.1, -0.05) is 36.0 Å². The summed E-state index contributed by atoms with van der Waals surface area (Å²) in [7, 11) is 0. The van der Waals surface area contributed by atoms with Crippen molar-refractivity contribution in [3.05, 3.63) is 59.7 Å². The van der Waals surface area contributed by atoms with Crippen molar-refractivity contribution in [3.63, 3.8) is 0 Å². The Morgan fingerprint density at radius 2 is 1.96 bits per heavy atom. The molecule has 0 saturated carbocycles. The third-order valence-electron chi connectivity index (χ3n) is 3.36. The summed E-state index contributed by atoms with van der Waals surface area (Å²) in [6.07, 6.45) is 0. The van der Waals surface area contributed by atoms with Crippen molar-refractivity contribution >= 4 is 29.3 Å². The molecule has 1 amide bonds. The van der Waals surface area contributed by atoms with Crippen LogP contribution >= 0.6 is 11.8 Å². The molecule has 2 aromatic carbocycles. The average molecular weight is 368 g/mol. The molecule has 0 aliphatic carbocycles. The van der Waals surface area contributed by atoms with Crippen LogP contribution in [0.2, 0.25) is 0 Å². The number of carbonyl (C=O) groups excluding carboxylic acids is 2. The molecule has 0 saturated heterocycles. The first-order chi connectivity index (χ1) is 12.5. The van der Waals surface area contributed by atoms with E-state index < -0.39 is 5.97 Å². The van der Waals surface area contributed by atoms with Crippen LogP contribution < -0.4 is 10.4 Å². The summed E-state index contributed by atoms with van der Waals surface area (Å²) < 4.78 is 5.63. The van der Waals surface area contributed by atoms with Crippen molar-refractivity contribution in [3.8, 4) is 11.5 Å². The average Bonchev–Trinajstić information content (AvgIpc) is 3.09. The number of aromatic carboxylic acids is 1. The Bertz CT molecular complexity index is 955. The standard InChI is InChI=1S/C18H15N3O4S/c1-11(22)19-15-7-3-5-13(9-15)16-20-21-18(25-16)26-10-12-4-2-6-14(8-12)17(23)24/h2-9H,10H2,1H3,(H,19,22)(H,23,24)/p-1. The van der Waals surface area contributed by atoms with Crippen LogP contribution in [0.3, 0.4) is 0 Å². The fraction of sp³-hybridized carbons (Fsp3) is 0.111. The molecule has 0 unspecified atom stereocenters. The molecule has 1 heterocycles. The van der Waals surface area contributed by atoms with Crippen LogP contribution in [0.1, 0.15) is 22.8 Å². The molecule has 0 radical (unpaired) electrons. The summed E-state index contributed by atoms with van der Waals surface area (Å²) in [6, 6.07) is 13.6. The van der Waals surface area contributed by atoms with E-state index in [1.54, 1.807) is 36.4 Å². The molecule has 1 N–H and O–H groups in total. The summed E-state index contributed by atoms with van der Waals surface area (Å²) in [5, 5.41) is 22.0. The number of hydrogen-bond donors (Lipinski definition) is 1. The molecule has 0 aliphatic rings. The van der Waals surface area contributed by atoms with Crippen molar-refractivity contribution in [1.29, 1.82) is 0 Å². The van der Waals surface area contributed by atoms with E-state index in [1.807, 2.05) is 6.07 Å². The molecule has 0 aliphatic heterocycles. The highest BCUT2D eigenvalue weighted by molar-refractivity contribution is 7.98. The highest BCUT2D eigenvalue weighted by atomic mass is 32.2. The number of carboxylic acid groups (broad SMARTS) is 1. The van der Waals surface area contributed by atoms with Gasteiger partial charge in [0, 0.05) is 23.9 Å². The molecule has 7 nitrogen and oxygen atoms in total. The Hall–Kier alpha value is -3.13. The van der Waals surface area contributed by atoms with Crippen molar-refractivity contribution in [2.45, 2.75) is 17.9 Å². The second-order valence-electron chi connectivity index (χ2n) is 5.41. The van der Waals surface area contributed by atoms with E-state index in [1.165, 1.54) is 24.8 Å². The van der Waals surface area contributed by atoms with Crippen LogP contribution in [-0.2, 0) is 10.5 Å². The zero-order valence-corrected chi connectivity index (χ0v) is 14.6. The highest BCUT2D eigenvalue weighted by Crippen LogP contribution is 2.27. The fourth-order valence-corrected chi connectivity index (χ4v) is 2.96. The minimum Gasteiger partial charge on any atom is -0.545 e. The zero-order valence-electron chi connectivity index (χ0n) is 13.8. The number of carboxylic acids is 1. The molecular formula is C18H14N3O4S-. The van der Waals surface area contributed by atoms with Gasteiger partial charge in [0.15, 0.2) is 0 Å². The number of thioether (sulfide) groups is 1. The van der Waals surface area contributed by atoms with Crippen LogP contribution in [0.4, 0.5) is 5.69 Å². The number of anilines is 1. The number of rotatable bonds is 6. The Labute approximate surface area is 153 Å². The van der Waals surface area contributed by atoms with Crippen LogP contribution in [0.5, 0.6) is 0 Å². The van der Waals surface area contributed by atoms with E-state index in [9.17, 15) is 14.7 Å². The molecule has 132 valence electrons. The SMILES string of the molecule is CC(=O)Nc1cccc(-c2nnc(SCc3cccc(C(=O)[O-])c3)o2)c1. The minimum absolute atomic E-state index is 0.129. The molecule has 0 bridgehead atoms. The Morgan fingerprint density at radius 1 is 1.15 bits per heavy atom. The van der Waals surface area contributed by atoms with E-state index in [2.05, 4.69) is 15.5 Å². The molecule has 0 fully saturated rings. The number of carbonyl (C=O) groups is 2. The van der Waals surface area contributed by atoms with Gasteiger partial charge in [-0.2, -0.15) is 0 Å². The Kier molecular flexibility index (Phi) is 5.33. The predicted molar refractivity (Wildman–Crippen MR) is 94.4 cm³/mol. The van der Waals surface area contributed by atoms with Gasteiger partial charge in [-0.05, 0) is 35.4 Å². The van der Waals surface area contributed by atoms with Gasteiger partial charge in [0.2, 0.25) is 11.8 Å². The third kappa shape index (κ3) is 4.48. The maximum atomic E-state index is 11.1. The summed E-state index contributed by atoms with van der Waals surface area (Å²) in [6.45, 7) is 1.43. The first kappa shape index (κ1) is 17.7. The van der Waals surface area contributed by atoms with Gasteiger partial charge in [-0.25, -0.2) is 0 Å². The van der Waals surface area contributed by atoms with Crippen molar-refractivity contribution in [1.82, 2.24) is 10.2 Å². The van der Waals surface area contributed by atoms with E-state index in [-0.39, 0.29) is 11.5 Å². The van der Waals surface area contributed by atoms with Crippen LogP contribution in [-0.4, -0.2) is 22.1 Å². The monoisotopic (exact) mass is 368 g/mol. The maximum absolute atomic E-state index is 11.1. The lowest BCUT2D eigenvalue weighted by atomic mass is 10.1. The van der Waals surface area contributed by atoms with Crippen molar-refractivity contribution in [2.24, 2.45) is 0 Å². The van der Waals surface area contributed by atoms with Gasteiger partial charge >= 0.3 is 0 Å². The lowest BCUT2D eigenvalue weighted by Gasteiger charge is -2.04. The second-order valence-corrected chi connectivity index (χ2v) is 6.34. The van der Waals surface area contributed by atoms with Crippen molar-refractivity contribution < 1.29 is 19.1 Å². The van der Waals surface area contributed by atoms with E-state index in [0.717, 1.165) is 5.56 Å². The number of hydrogen-bond acceptors (Lipinski definition) is 7. The van der Waals surface area contributed by atoms with E-state index >= 15 is 0 Å². The minimum atomic E-state index is -1.21. The van der Waals surface area contributed by atoms with Gasteiger partial charge in [0.25, 0.3) is 5.22 Å². The molecule has 3 rings (SSSR count). The van der Waals surface area contributed by atoms with Crippen molar-refractivity contribution in [2.75, 3.05) is 5.32 Å². The normalized spacial score (nSPS) is 10.5. The molecule has 8 heteroatoms. The lowest BCUT2D eigenvalue weighted by molar-refractivity contribution is -0.255. The summed E-state index contributed by atoms with van der Waals surface area (Å²) in [4.78, 5) is 22.0. The topological polar surface area (TPSA) is 108 Å². The van der Waals surface area contributed by atoms with Gasteiger partial charge < -0.3 is 19.6 Å². The second kappa shape index (κ2) is 7.83. The van der Waals surface area contributed by atoms with Gasteiger partial charge in [0.05, 0.1) is 5.97 Å². The summed E-state index contributed by atoms with van der Waals surface area (Å²) in [5.74, 6) is -0.559. The summed E-state index contributed by atoms with van der Waals surface area (Å²) >= 11 is 1.30. The number of aromatic nitrogens is 2. The van der Waals surface area contributed by atoms with Crippen LogP contribution in [0.25, 0.3) is 11.5 Å². The first-order valence-corrected chi connectivity index (χ1v) is 8.64. The predicted octanol–water partition coefficient (Wildman–Crippen LogP) is 2.35. The zero-order chi connectivity index (χ0) is 18.5. The largest absolute Gasteiger partial charge is 0.545 e. The first-order valence-electron chi connectivity index (χ1n) is 7.66. The molecule has 0 atom stereocenters. The molecule has 3 aromatic rings. The number of amides is 1. The van der Waals surface area contributed by atoms with Crippen LogP contribution in [0.15, 0.2) is 58.2 Å². The Morgan fingerprint density at radius 3 is 2.73 bits per heavy atom. The van der Waals surface area contributed by atoms with Gasteiger partial charge in [-0.3, -0.25) is 4.79 Å². The van der Waals surface area contributed by atoms with Gasteiger partial charge in [-0.15, -0.1) is 10.2 Å². The maximum Gasteiger partial charge on any atom is 0.277 e. The molecule has 0 spiro atoms. The third-order valence-corrected chi connectivity index (χ3v) is 4.25. The fourth-order valence-electron chi connectivity index (χ4n) is 2.25. The summed E-state index contributed by atoms with van der Waals surface area (Å²) in [5.41, 5.74) is 2.27. The van der Waals surface area contributed by atoms with E-state index in [0.29, 0.717) is 28.1 Å². The molecule has 26 heavy (non-hydrogen) atoms. The van der Waals surface area contributed by atoms with E-state index in [4.69, 9.17) is 4.42 Å². The van der Waals surface area contributed by atoms with Gasteiger partial charge in [0.1, 0.15) is 0 Å². The lowest BCUT2D eigenvalue weighted by Crippen LogP contribution is -2.22. The van der Waals surface area contributed by atoms with Crippen LogP contribution in [0, 0.1) is 0 Å². The highest BCUT2D eigenvalue weighted by Gasteiger charge is 2.10. The number of nitrogens with zero attached hydrogens (tertiary/aromatic N) is 2.